The van der Waals surface area contributed by atoms with Gasteiger partial charge in [0.05, 0.1) is 23.7 Å². The second-order valence-corrected chi connectivity index (χ2v) is 3.17. The molecule has 8 heteroatoms. The van der Waals surface area contributed by atoms with Crippen molar-refractivity contribution >= 4 is 0 Å². The Bertz CT molecular complexity index is 536. The summed E-state index contributed by atoms with van der Waals surface area (Å²) in [6.07, 6.45) is -9.03. The summed E-state index contributed by atoms with van der Waals surface area (Å²) < 4.78 is 62.5. The van der Waals surface area contributed by atoms with Crippen LogP contribution in [0, 0.1) is 22.7 Å². The van der Waals surface area contributed by atoms with Gasteiger partial charge in [0.1, 0.15) is 6.07 Å². The van der Waals surface area contributed by atoms with Crippen molar-refractivity contribution < 1.29 is 22.0 Å². The van der Waals surface area contributed by atoms with Gasteiger partial charge in [-0.15, -0.1) is 0 Å². The summed E-state index contributed by atoms with van der Waals surface area (Å²) in [5.74, 6) is 0. The van der Waals surface area contributed by atoms with E-state index in [-0.39, 0.29) is 0 Å². The van der Waals surface area contributed by atoms with E-state index >= 15 is 0 Å². The molecule has 1 aromatic rings. The molecule has 0 atom stereocenters. The number of nitriles is 2. The summed E-state index contributed by atoms with van der Waals surface area (Å²) in [6.45, 7) is 0. The fourth-order valence-corrected chi connectivity index (χ4v) is 1.27. The van der Waals surface area contributed by atoms with Crippen molar-refractivity contribution in [3.05, 3.63) is 28.6 Å². The zero-order chi connectivity index (χ0) is 13.9. The molecule has 0 fully saturated rings. The molecule has 0 amide bonds. The van der Waals surface area contributed by atoms with Crippen molar-refractivity contribution in [2.24, 2.45) is 0 Å². The molecule has 0 bridgehead atoms. The minimum absolute atomic E-state index is 0.424. The zero-order valence-electron chi connectivity index (χ0n) is 8.59. The van der Waals surface area contributed by atoms with Gasteiger partial charge in [-0.3, -0.25) is 0 Å². The summed E-state index contributed by atoms with van der Waals surface area (Å²) in [5, 5.41) is 17.0. The van der Waals surface area contributed by atoms with Crippen molar-refractivity contribution in [1.29, 1.82) is 10.5 Å². The molecule has 94 valence electrons. The lowest BCUT2D eigenvalue weighted by Gasteiger charge is -2.13. The number of hydrogen-bond donors (Lipinski definition) is 0. The summed E-state index contributed by atoms with van der Waals surface area (Å²) in [6, 6.07) is 3.38. The number of halogens is 5. The Kier molecular flexibility index (Phi) is 3.82. The van der Waals surface area contributed by atoms with Crippen LogP contribution in [0.4, 0.5) is 22.0 Å². The minimum Gasteiger partial charge on any atom is -0.245 e. The molecule has 0 unspecified atom stereocenters. The highest BCUT2D eigenvalue weighted by Crippen LogP contribution is 2.35. The largest absolute Gasteiger partial charge is 0.433 e. The van der Waals surface area contributed by atoms with Gasteiger partial charge in [-0.2, -0.15) is 23.7 Å². The second-order valence-electron chi connectivity index (χ2n) is 3.17. The summed E-state index contributed by atoms with van der Waals surface area (Å²) in [7, 11) is 0. The molecular formula is C10H4F5N3. The van der Waals surface area contributed by atoms with Crippen molar-refractivity contribution in [3.63, 3.8) is 0 Å². The fourth-order valence-electron chi connectivity index (χ4n) is 1.27. The first-order valence-electron chi connectivity index (χ1n) is 4.47. The Morgan fingerprint density at radius 2 is 1.89 bits per heavy atom. The van der Waals surface area contributed by atoms with Crippen molar-refractivity contribution in [1.82, 2.24) is 4.98 Å². The number of rotatable bonds is 2. The lowest BCUT2D eigenvalue weighted by molar-refractivity contribution is -0.143. The van der Waals surface area contributed by atoms with E-state index in [2.05, 4.69) is 4.98 Å². The average Bonchev–Trinajstić information content (AvgIpc) is 2.27. The molecule has 0 spiro atoms. The number of nitrogens with zero attached hydrogens (tertiary/aromatic N) is 3. The van der Waals surface area contributed by atoms with Crippen LogP contribution in [0.5, 0.6) is 0 Å². The molecule has 0 saturated heterocycles. The maximum Gasteiger partial charge on any atom is 0.433 e. The molecule has 3 nitrogen and oxygen atoms in total. The second kappa shape index (κ2) is 4.96. The summed E-state index contributed by atoms with van der Waals surface area (Å²) in [5.41, 5.74) is -4.04. The van der Waals surface area contributed by atoms with Crippen molar-refractivity contribution in [3.8, 4) is 12.1 Å². The molecule has 0 aliphatic heterocycles. The first-order chi connectivity index (χ1) is 8.31. The monoisotopic (exact) mass is 261 g/mol. The normalized spacial score (nSPS) is 11.1. The molecule has 0 aliphatic carbocycles. The van der Waals surface area contributed by atoms with Crippen LogP contribution in [0.15, 0.2) is 6.07 Å². The van der Waals surface area contributed by atoms with Crippen LogP contribution in [-0.2, 0) is 12.6 Å². The lowest BCUT2D eigenvalue weighted by atomic mass is 10.1. The van der Waals surface area contributed by atoms with Gasteiger partial charge in [0.2, 0.25) is 0 Å². The Labute approximate surface area is 98.1 Å². The van der Waals surface area contributed by atoms with Gasteiger partial charge in [0, 0.05) is 5.56 Å². The third kappa shape index (κ3) is 2.72. The zero-order valence-corrected chi connectivity index (χ0v) is 8.59. The minimum atomic E-state index is -5.07. The Morgan fingerprint density at radius 1 is 1.28 bits per heavy atom. The topological polar surface area (TPSA) is 60.5 Å². The van der Waals surface area contributed by atoms with Gasteiger partial charge >= 0.3 is 6.18 Å². The first kappa shape index (κ1) is 13.8. The smallest absolute Gasteiger partial charge is 0.245 e. The van der Waals surface area contributed by atoms with E-state index in [9.17, 15) is 22.0 Å². The molecule has 1 rings (SSSR count). The predicted octanol–water partition coefficient (Wildman–Crippen LogP) is 2.98. The van der Waals surface area contributed by atoms with Crippen LogP contribution in [-0.4, -0.2) is 4.98 Å². The first-order valence-corrected chi connectivity index (χ1v) is 4.47. The van der Waals surface area contributed by atoms with Crippen LogP contribution in [0.3, 0.4) is 0 Å². The highest BCUT2D eigenvalue weighted by atomic mass is 19.4. The van der Waals surface area contributed by atoms with Crippen molar-refractivity contribution in [2.45, 2.75) is 19.0 Å². The van der Waals surface area contributed by atoms with Crippen LogP contribution < -0.4 is 0 Å². The molecule has 1 aromatic heterocycles. The van der Waals surface area contributed by atoms with Crippen molar-refractivity contribution in [2.75, 3.05) is 0 Å². The van der Waals surface area contributed by atoms with Gasteiger partial charge in [-0.05, 0) is 6.07 Å². The van der Waals surface area contributed by atoms with Gasteiger partial charge in [-0.1, -0.05) is 0 Å². The molecule has 0 aliphatic rings. The van der Waals surface area contributed by atoms with E-state index in [4.69, 9.17) is 10.5 Å². The molecule has 18 heavy (non-hydrogen) atoms. The van der Waals surface area contributed by atoms with Crippen LogP contribution in [0.1, 0.15) is 28.9 Å². The Hall–Kier alpha value is -2.22. The molecule has 0 saturated carbocycles. The fraction of sp³-hybridized carbons (Fsp3) is 0.300. The number of hydrogen-bond acceptors (Lipinski definition) is 3. The van der Waals surface area contributed by atoms with Crippen LogP contribution >= 0.6 is 0 Å². The highest BCUT2D eigenvalue weighted by molar-refractivity contribution is 5.41. The number of pyridine rings is 1. The maximum atomic E-state index is 12.5. The average molecular weight is 261 g/mol. The Balaban J connectivity index is 3.55. The van der Waals surface area contributed by atoms with Gasteiger partial charge < -0.3 is 0 Å². The number of aromatic nitrogens is 1. The standard InChI is InChI=1S/C10H4F5N3/c11-9(12)6-3-5(4-17)7(1-2-16)18-8(6)10(13,14)15/h3,9H,1H2. The SMILES string of the molecule is N#CCc1nc(C(F)(F)F)c(C(F)F)cc1C#N. The Morgan fingerprint density at radius 3 is 2.28 bits per heavy atom. The molecule has 1 heterocycles. The number of alkyl halides is 5. The third-order valence-electron chi connectivity index (χ3n) is 2.00. The lowest BCUT2D eigenvalue weighted by Crippen LogP contribution is -2.15. The quantitative estimate of drug-likeness (QED) is 0.769. The molecular weight excluding hydrogens is 257 g/mol. The van der Waals surface area contributed by atoms with Gasteiger partial charge in [-0.25, -0.2) is 13.8 Å². The van der Waals surface area contributed by atoms with E-state index in [0.717, 1.165) is 0 Å². The van der Waals surface area contributed by atoms with E-state index in [0.29, 0.717) is 6.07 Å². The predicted molar refractivity (Wildman–Crippen MR) is 48.2 cm³/mol. The van der Waals surface area contributed by atoms with Gasteiger partial charge in [0.25, 0.3) is 6.43 Å². The molecule has 0 N–H and O–H groups in total. The third-order valence-corrected chi connectivity index (χ3v) is 2.00. The highest BCUT2D eigenvalue weighted by Gasteiger charge is 2.38. The summed E-state index contributed by atoms with van der Waals surface area (Å²) >= 11 is 0. The maximum absolute atomic E-state index is 12.5. The van der Waals surface area contributed by atoms with E-state index in [1.807, 2.05) is 0 Å². The molecule has 0 radical (unpaired) electrons. The van der Waals surface area contributed by atoms with Crippen LogP contribution in [0.2, 0.25) is 0 Å². The van der Waals surface area contributed by atoms with E-state index in [1.165, 1.54) is 12.1 Å². The van der Waals surface area contributed by atoms with Gasteiger partial charge in [0.15, 0.2) is 5.69 Å². The van der Waals surface area contributed by atoms with E-state index < -0.39 is 41.5 Å². The molecule has 0 aromatic carbocycles. The van der Waals surface area contributed by atoms with E-state index in [1.54, 1.807) is 0 Å². The summed E-state index contributed by atoms with van der Waals surface area (Å²) in [4.78, 5) is 2.98. The van der Waals surface area contributed by atoms with Crippen LogP contribution in [0.25, 0.3) is 0 Å².